The Bertz CT molecular complexity index is 200. The number of nitrogens with two attached hydrogens (primary N) is 3. The van der Waals surface area contributed by atoms with Crippen molar-refractivity contribution in [3.8, 4) is 0 Å². The molecule has 0 aromatic heterocycles. The molecule has 90 valence electrons. The summed E-state index contributed by atoms with van der Waals surface area (Å²) in [6.07, 6.45) is 3.16. The van der Waals surface area contributed by atoms with Crippen LogP contribution in [-0.4, -0.2) is 29.9 Å². The van der Waals surface area contributed by atoms with Gasteiger partial charge in [-0.2, -0.15) is 11.8 Å². The lowest BCUT2D eigenvalue weighted by Crippen LogP contribution is -2.58. The molecule has 0 aromatic carbocycles. The maximum Gasteiger partial charge on any atom is 0.342 e. The molecule has 1 unspecified atom stereocenters. The monoisotopic (exact) mass is 235 g/mol. The molecule has 6 heteroatoms. The van der Waals surface area contributed by atoms with Crippen molar-refractivity contribution in [1.29, 1.82) is 0 Å². The molecular formula is C9H21N3O2S. The highest BCUT2D eigenvalue weighted by Gasteiger charge is 2.31. The van der Waals surface area contributed by atoms with Crippen LogP contribution in [0.1, 0.15) is 26.2 Å². The fraction of sp³-hybridized carbons (Fsp3) is 0.889. The third-order valence-electron chi connectivity index (χ3n) is 1.93. The van der Waals surface area contributed by atoms with Crippen molar-refractivity contribution in [1.82, 2.24) is 0 Å². The Balaban J connectivity index is 4.05. The summed E-state index contributed by atoms with van der Waals surface area (Å²) in [5, 5.41) is 0. The predicted octanol–water partition coefficient (Wildman–Crippen LogP) is -0.0187. The van der Waals surface area contributed by atoms with E-state index in [1.165, 1.54) is 0 Å². The number of hydrogen-bond acceptors (Lipinski definition) is 6. The summed E-state index contributed by atoms with van der Waals surface area (Å²) in [6, 6.07) is 0. The minimum absolute atomic E-state index is 0.381. The van der Waals surface area contributed by atoms with Gasteiger partial charge in [0.1, 0.15) is 0 Å². The summed E-state index contributed by atoms with van der Waals surface area (Å²) >= 11 is 1.58. The van der Waals surface area contributed by atoms with Crippen LogP contribution in [0, 0.1) is 0 Å². The maximum atomic E-state index is 11.5. The number of carbonyl (C=O) groups is 1. The largest absolute Gasteiger partial charge is 0.444 e. The van der Waals surface area contributed by atoms with Gasteiger partial charge in [-0.05, 0) is 24.9 Å². The van der Waals surface area contributed by atoms with E-state index in [-0.39, 0.29) is 0 Å². The van der Waals surface area contributed by atoms with Gasteiger partial charge in [-0.25, -0.2) is 4.79 Å². The predicted molar refractivity (Wildman–Crippen MR) is 63.1 cm³/mol. The molecule has 0 amide bonds. The highest BCUT2D eigenvalue weighted by Crippen LogP contribution is 2.08. The van der Waals surface area contributed by atoms with Gasteiger partial charge >= 0.3 is 5.97 Å². The van der Waals surface area contributed by atoms with Crippen LogP contribution >= 0.6 is 11.8 Å². The first-order valence-corrected chi connectivity index (χ1v) is 6.36. The van der Waals surface area contributed by atoms with Crippen molar-refractivity contribution in [2.75, 3.05) is 12.0 Å². The molecular weight excluding hydrogens is 214 g/mol. The van der Waals surface area contributed by atoms with Crippen LogP contribution < -0.4 is 17.2 Å². The Morgan fingerprint density at radius 2 is 2.13 bits per heavy atom. The second-order valence-corrected chi connectivity index (χ2v) is 4.50. The summed E-state index contributed by atoms with van der Waals surface area (Å²) < 4.78 is 4.93. The van der Waals surface area contributed by atoms with Gasteiger partial charge < -0.3 is 16.2 Å². The van der Waals surface area contributed by atoms with Crippen molar-refractivity contribution >= 4 is 17.7 Å². The minimum atomic E-state index is -1.42. The van der Waals surface area contributed by atoms with Gasteiger partial charge in [0.15, 0.2) is 11.9 Å². The van der Waals surface area contributed by atoms with E-state index >= 15 is 0 Å². The number of hydrogen-bond donors (Lipinski definition) is 3. The minimum Gasteiger partial charge on any atom is -0.444 e. The SMILES string of the molecule is CCCC(N)OC(=O)C(N)(N)CCSC. The highest BCUT2D eigenvalue weighted by molar-refractivity contribution is 7.98. The summed E-state index contributed by atoms with van der Waals surface area (Å²) in [6.45, 7) is 1.96. The molecule has 0 spiro atoms. The fourth-order valence-corrected chi connectivity index (χ4v) is 1.51. The van der Waals surface area contributed by atoms with Crippen LogP contribution in [-0.2, 0) is 9.53 Å². The van der Waals surface area contributed by atoms with Crippen LogP contribution in [0.2, 0.25) is 0 Å². The van der Waals surface area contributed by atoms with Crippen LogP contribution in [0.15, 0.2) is 0 Å². The van der Waals surface area contributed by atoms with Crippen LogP contribution in [0.4, 0.5) is 0 Å². The third kappa shape index (κ3) is 5.99. The lowest BCUT2D eigenvalue weighted by Gasteiger charge is -2.24. The van der Waals surface area contributed by atoms with Gasteiger partial charge in [0.2, 0.25) is 0 Å². The molecule has 6 N–H and O–H groups in total. The van der Waals surface area contributed by atoms with E-state index in [2.05, 4.69) is 0 Å². The van der Waals surface area contributed by atoms with Crippen molar-refractivity contribution < 1.29 is 9.53 Å². The summed E-state index contributed by atoms with van der Waals surface area (Å²) in [7, 11) is 0. The second kappa shape index (κ2) is 7.05. The Kier molecular flexibility index (Phi) is 6.91. The molecule has 0 bridgehead atoms. The normalized spacial score (nSPS) is 13.7. The zero-order valence-electron chi connectivity index (χ0n) is 9.36. The Morgan fingerprint density at radius 3 is 2.60 bits per heavy atom. The summed E-state index contributed by atoms with van der Waals surface area (Å²) in [5.41, 5.74) is 15.4. The first-order chi connectivity index (χ1) is 6.94. The van der Waals surface area contributed by atoms with Gasteiger partial charge in [-0.3, -0.25) is 5.73 Å². The van der Waals surface area contributed by atoms with Crippen molar-refractivity contribution in [2.45, 2.75) is 38.1 Å². The molecule has 0 heterocycles. The molecule has 0 saturated heterocycles. The number of esters is 1. The quantitative estimate of drug-likeness (QED) is 0.423. The van der Waals surface area contributed by atoms with Crippen LogP contribution in [0.5, 0.6) is 0 Å². The third-order valence-corrected chi connectivity index (χ3v) is 2.54. The standard InChI is InChI=1S/C9H21N3O2S/c1-3-4-7(10)14-8(13)9(11,12)5-6-15-2/h7H,3-6,10-12H2,1-2H3. The molecule has 0 aromatic rings. The fourth-order valence-electron chi connectivity index (χ4n) is 0.964. The molecule has 0 fully saturated rings. The zero-order valence-corrected chi connectivity index (χ0v) is 10.2. The van der Waals surface area contributed by atoms with Gasteiger partial charge in [-0.1, -0.05) is 13.3 Å². The molecule has 0 aliphatic carbocycles. The second-order valence-electron chi connectivity index (χ2n) is 3.52. The topological polar surface area (TPSA) is 104 Å². The molecule has 0 radical (unpaired) electrons. The molecule has 5 nitrogen and oxygen atoms in total. The lowest BCUT2D eigenvalue weighted by atomic mass is 10.1. The van der Waals surface area contributed by atoms with E-state index in [0.717, 1.165) is 6.42 Å². The molecule has 1 atom stereocenters. The van der Waals surface area contributed by atoms with E-state index in [1.54, 1.807) is 11.8 Å². The van der Waals surface area contributed by atoms with Crippen molar-refractivity contribution in [2.24, 2.45) is 17.2 Å². The average Bonchev–Trinajstić information content (AvgIpc) is 2.15. The average molecular weight is 235 g/mol. The van der Waals surface area contributed by atoms with Crippen LogP contribution in [0.25, 0.3) is 0 Å². The number of rotatable bonds is 7. The first-order valence-electron chi connectivity index (χ1n) is 4.97. The van der Waals surface area contributed by atoms with E-state index in [9.17, 15) is 4.79 Å². The maximum absolute atomic E-state index is 11.5. The van der Waals surface area contributed by atoms with E-state index in [1.807, 2.05) is 13.2 Å². The number of ether oxygens (including phenoxy) is 1. The van der Waals surface area contributed by atoms with Gasteiger partial charge in [0, 0.05) is 0 Å². The molecule has 0 aliphatic heterocycles. The van der Waals surface area contributed by atoms with E-state index < -0.39 is 17.9 Å². The van der Waals surface area contributed by atoms with E-state index in [4.69, 9.17) is 21.9 Å². The van der Waals surface area contributed by atoms with Crippen molar-refractivity contribution in [3.63, 3.8) is 0 Å². The zero-order chi connectivity index (χ0) is 11.9. The molecule has 0 rings (SSSR count). The molecule has 0 aliphatic rings. The van der Waals surface area contributed by atoms with Gasteiger partial charge in [0.25, 0.3) is 0 Å². The highest BCUT2D eigenvalue weighted by atomic mass is 32.2. The molecule has 0 saturated carbocycles. The number of thioether (sulfide) groups is 1. The van der Waals surface area contributed by atoms with Crippen molar-refractivity contribution in [3.05, 3.63) is 0 Å². The smallest absolute Gasteiger partial charge is 0.342 e. The first kappa shape index (κ1) is 14.7. The van der Waals surface area contributed by atoms with Gasteiger partial charge in [-0.15, -0.1) is 0 Å². The summed E-state index contributed by atoms with van der Waals surface area (Å²) in [4.78, 5) is 11.5. The summed E-state index contributed by atoms with van der Waals surface area (Å²) in [5.74, 6) is 0.0861. The Hall–Kier alpha value is -0.300. The Morgan fingerprint density at radius 1 is 1.53 bits per heavy atom. The van der Waals surface area contributed by atoms with E-state index in [0.29, 0.717) is 18.6 Å². The van der Waals surface area contributed by atoms with Crippen LogP contribution in [0.3, 0.4) is 0 Å². The molecule has 15 heavy (non-hydrogen) atoms. The lowest BCUT2D eigenvalue weighted by molar-refractivity contribution is -0.155. The van der Waals surface area contributed by atoms with Gasteiger partial charge in [0.05, 0.1) is 0 Å². The number of carbonyl (C=O) groups excluding carboxylic acids is 1. The Labute approximate surface area is 95.1 Å².